The smallest absolute Gasteiger partial charge is 0.262 e. The number of rotatable bonds is 9. The Morgan fingerprint density at radius 3 is 2.41 bits per heavy atom. The highest BCUT2D eigenvalue weighted by atomic mass is 35.5. The zero-order valence-electron chi connectivity index (χ0n) is 18.6. The lowest BCUT2D eigenvalue weighted by Crippen LogP contribution is -2.21. The van der Waals surface area contributed by atoms with E-state index in [2.05, 4.69) is 5.32 Å². The highest BCUT2D eigenvalue weighted by Gasteiger charge is 2.24. The SMILES string of the molecule is CCOc1ccc(C(=O)c2oc3ccccc3c2NC(=O)COc2ccccc2OC)cc1Cl. The van der Waals surface area contributed by atoms with E-state index in [0.717, 1.165) is 0 Å². The number of hydrogen-bond acceptors (Lipinski definition) is 6. The maximum absolute atomic E-state index is 13.3. The Morgan fingerprint density at radius 2 is 1.68 bits per heavy atom. The Balaban J connectivity index is 1.61. The van der Waals surface area contributed by atoms with E-state index in [1.54, 1.807) is 60.7 Å². The van der Waals surface area contributed by atoms with Crippen LogP contribution >= 0.6 is 11.6 Å². The second kappa shape index (κ2) is 10.3. The molecule has 1 amide bonds. The van der Waals surface area contributed by atoms with Crippen LogP contribution < -0.4 is 19.5 Å². The molecular formula is C26H22ClNO6. The Bertz CT molecular complexity index is 1350. The lowest BCUT2D eigenvalue weighted by atomic mass is 10.1. The van der Waals surface area contributed by atoms with E-state index in [-0.39, 0.29) is 18.1 Å². The summed E-state index contributed by atoms with van der Waals surface area (Å²) in [5, 5.41) is 3.66. The first kappa shape index (κ1) is 23.2. The van der Waals surface area contributed by atoms with Crippen LogP contribution in [0.3, 0.4) is 0 Å². The minimum absolute atomic E-state index is 0.00734. The van der Waals surface area contributed by atoms with Crippen molar-refractivity contribution < 1.29 is 28.2 Å². The fraction of sp³-hybridized carbons (Fsp3) is 0.154. The molecule has 0 bridgehead atoms. The van der Waals surface area contributed by atoms with Gasteiger partial charge in [0.25, 0.3) is 5.91 Å². The zero-order chi connectivity index (χ0) is 24.1. The van der Waals surface area contributed by atoms with Crippen molar-refractivity contribution in [1.82, 2.24) is 0 Å². The van der Waals surface area contributed by atoms with Gasteiger partial charge in [0.05, 0.1) is 24.4 Å². The van der Waals surface area contributed by atoms with Crippen molar-refractivity contribution in [2.45, 2.75) is 6.92 Å². The quantitative estimate of drug-likeness (QED) is 0.308. The molecular weight excluding hydrogens is 458 g/mol. The molecule has 0 fully saturated rings. The summed E-state index contributed by atoms with van der Waals surface area (Å²) in [6, 6.07) is 18.8. The number of carbonyl (C=O) groups excluding carboxylic acids is 2. The van der Waals surface area contributed by atoms with Gasteiger partial charge in [0.15, 0.2) is 23.9 Å². The number of benzene rings is 3. The Labute approximate surface area is 201 Å². The average Bonchev–Trinajstić information content (AvgIpc) is 3.22. The number of ketones is 1. The number of amides is 1. The summed E-state index contributed by atoms with van der Waals surface area (Å²) in [6.07, 6.45) is 0. The topological polar surface area (TPSA) is 87.0 Å². The maximum atomic E-state index is 13.3. The van der Waals surface area contributed by atoms with Crippen LogP contribution in [-0.2, 0) is 4.79 Å². The lowest BCUT2D eigenvalue weighted by molar-refractivity contribution is -0.118. The normalized spacial score (nSPS) is 10.7. The van der Waals surface area contributed by atoms with E-state index in [0.29, 0.717) is 45.4 Å². The summed E-state index contributed by atoms with van der Waals surface area (Å²) in [5.41, 5.74) is 1.02. The van der Waals surface area contributed by atoms with E-state index in [1.165, 1.54) is 13.2 Å². The molecule has 4 rings (SSSR count). The molecule has 1 aromatic heterocycles. The van der Waals surface area contributed by atoms with Gasteiger partial charge in [-0.1, -0.05) is 35.9 Å². The van der Waals surface area contributed by atoms with Gasteiger partial charge in [-0.25, -0.2) is 0 Å². The van der Waals surface area contributed by atoms with Crippen molar-refractivity contribution in [3.05, 3.63) is 83.1 Å². The number of furan rings is 1. The number of hydrogen-bond donors (Lipinski definition) is 1. The van der Waals surface area contributed by atoms with Gasteiger partial charge < -0.3 is 23.9 Å². The molecule has 7 nitrogen and oxygen atoms in total. The summed E-state index contributed by atoms with van der Waals surface area (Å²) < 4.78 is 22.1. The van der Waals surface area contributed by atoms with Gasteiger partial charge in [0.1, 0.15) is 11.3 Å². The van der Waals surface area contributed by atoms with Crippen LogP contribution in [0.15, 0.2) is 71.1 Å². The van der Waals surface area contributed by atoms with E-state index in [9.17, 15) is 9.59 Å². The van der Waals surface area contributed by atoms with Crippen LogP contribution in [0.2, 0.25) is 5.02 Å². The highest BCUT2D eigenvalue weighted by molar-refractivity contribution is 6.32. The Hall–Kier alpha value is -3.97. The molecule has 8 heteroatoms. The first-order chi connectivity index (χ1) is 16.5. The van der Waals surface area contributed by atoms with Crippen LogP contribution in [0.1, 0.15) is 23.0 Å². The maximum Gasteiger partial charge on any atom is 0.262 e. The molecule has 34 heavy (non-hydrogen) atoms. The largest absolute Gasteiger partial charge is 0.493 e. The van der Waals surface area contributed by atoms with Gasteiger partial charge in [-0.05, 0) is 49.4 Å². The van der Waals surface area contributed by atoms with Crippen molar-refractivity contribution in [1.29, 1.82) is 0 Å². The van der Waals surface area contributed by atoms with Crippen molar-refractivity contribution in [2.24, 2.45) is 0 Å². The van der Waals surface area contributed by atoms with Crippen molar-refractivity contribution in [3.8, 4) is 17.2 Å². The molecule has 0 aliphatic carbocycles. The third-order valence-corrected chi connectivity index (χ3v) is 5.28. The highest BCUT2D eigenvalue weighted by Crippen LogP contribution is 2.34. The predicted octanol–water partition coefficient (Wildman–Crippen LogP) is 5.74. The second-order valence-electron chi connectivity index (χ2n) is 7.20. The van der Waals surface area contributed by atoms with Crippen LogP contribution in [0, 0.1) is 0 Å². The van der Waals surface area contributed by atoms with E-state index in [1.807, 2.05) is 6.92 Å². The van der Waals surface area contributed by atoms with Crippen molar-refractivity contribution in [3.63, 3.8) is 0 Å². The number of fused-ring (bicyclic) bond motifs is 1. The standard InChI is InChI=1S/C26H22ClNO6/c1-3-32-20-13-12-16(14-18(20)27)25(30)26-24(17-8-4-5-9-19(17)34-26)28-23(29)15-33-22-11-7-6-10-21(22)31-2/h4-14H,3,15H2,1-2H3,(H,28,29). The molecule has 0 saturated carbocycles. The molecule has 3 aromatic carbocycles. The van der Waals surface area contributed by atoms with Crippen molar-refractivity contribution >= 4 is 39.9 Å². The van der Waals surface area contributed by atoms with Crippen LogP contribution in [0.5, 0.6) is 17.2 Å². The second-order valence-corrected chi connectivity index (χ2v) is 7.60. The Kier molecular flexibility index (Phi) is 7.04. The summed E-state index contributed by atoms with van der Waals surface area (Å²) in [5.74, 6) is 0.516. The van der Waals surface area contributed by atoms with Gasteiger partial charge >= 0.3 is 0 Å². The molecule has 174 valence electrons. The molecule has 0 aliphatic rings. The average molecular weight is 480 g/mol. The summed E-state index contributed by atoms with van der Waals surface area (Å²) in [6.45, 7) is 2.00. The van der Waals surface area contributed by atoms with E-state index in [4.69, 9.17) is 30.2 Å². The molecule has 4 aromatic rings. The minimum Gasteiger partial charge on any atom is -0.493 e. The van der Waals surface area contributed by atoms with Crippen molar-refractivity contribution in [2.75, 3.05) is 25.6 Å². The molecule has 0 aliphatic heterocycles. The van der Waals surface area contributed by atoms with Gasteiger partial charge in [0, 0.05) is 10.9 Å². The van der Waals surface area contributed by atoms with Gasteiger partial charge in [-0.15, -0.1) is 0 Å². The third-order valence-electron chi connectivity index (χ3n) is 4.99. The molecule has 0 saturated heterocycles. The number of halogens is 1. The number of carbonyl (C=O) groups is 2. The van der Waals surface area contributed by atoms with Crippen LogP contribution in [0.25, 0.3) is 11.0 Å². The van der Waals surface area contributed by atoms with Crippen LogP contribution in [-0.4, -0.2) is 32.0 Å². The molecule has 0 unspecified atom stereocenters. The monoisotopic (exact) mass is 479 g/mol. The summed E-state index contributed by atoms with van der Waals surface area (Å²) in [7, 11) is 1.52. The number of para-hydroxylation sites is 3. The number of anilines is 1. The predicted molar refractivity (Wildman–Crippen MR) is 129 cm³/mol. The van der Waals surface area contributed by atoms with E-state index < -0.39 is 11.7 Å². The van der Waals surface area contributed by atoms with Gasteiger partial charge in [0.2, 0.25) is 5.78 Å². The molecule has 0 spiro atoms. The molecule has 1 heterocycles. The number of ether oxygens (including phenoxy) is 3. The minimum atomic E-state index is -0.462. The molecule has 0 radical (unpaired) electrons. The van der Waals surface area contributed by atoms with Gasteiger partial charge in [-0.3, -0.25) is 9.59 Å². The number of methoxy groups -OCH3 is 1. The first-order valence-electron chi connectivity index (χ1n) is 10.6. The third kappa shape index (κ3) is 4.84. The molecule has 1 N–H and O–H groups in total. The Morgan fingerprint density at radius 1 is 0.941 bits per heavy atom. The zero-order valence-corrected chi connectivity index (χ0v) is 19.3. The van der Waals surface area contributed by atoms with E-state index >= 15 is 0 Å². The summed E-state index contributed by atoms with van der Waals surface area (Å²) in [4.78, 5) is 26.1. The molecule has 0 atom stereocenters. The number of nitrogens with one attached hydrogen (secondary N) is 1. The van der Waals surface area contributed by atoms with Crippen LogP contribution in [0.4, 0.5) is 5.69 Å². The fourth-order valence-corrected chi connectivity index (χ4v) is 3.67. The first-order valence-corrected chi connectivity index (χ1v) is 10.9. The fourth-order valence-electron chi connectivity index (χ4n) is 3.43. The van der Waals surface area contributed by atoms with Gasteiger partial charge in [-0.2, -0.15) is 0 Å². The lowest BCUT2D eigenvalue weighted by Gasteiger charge is -2.11. The summed E-state index contributed by atoms with van der Waals surface area (Å²) >= 11 is 6.26.